The number of nitrogens with zero attached hydrogens (tertiary/aromatic N) is 1. The van der Waals surface area contributed by atoms with Gasteiger partial charge in [0.15, 0.2) is 0 Å². The molecule has 0 atom stereocenters. The van der Waals surface area contributed by atoms with Crippen LogP contribution >= 0.6 is 23.2 Å². The number of H-pyrrole nitrogens is 1. The lowest BCUT2D eigenvalue weighted by molar-refractivity contribution is 1.19. The first kappa shape index (κ1) is 13.0. The van der Waals surface area contributed by atoms with Crippen molar-refractivity contribution < 1.29 is 0 Å². The van der Waals surface area contributed by atoms with Crippen LogP contribution in [-0.4, -0.2) is 11.2 Å². The number of nitrogens with one attached hydrogen (secondary N) is 2. The molecule has 94 valence electrons. The molecule has 0 unspecified atom stereocenters. The van der Waals surface area contributed by atoms with Gasteiger partial charge in [-0.1, -0.05) is 23.2 Å². The molecule has 1 aromatic carbocycles. The van der Waals surface area contributed by atoms with E-state index in [-0.39, 0.29) is 0 Å². The number of benzene rings is 1. The van der Waals surface area contributed by atoms with Gasteiger partial charge in [-0.15, -0.1) is 0 Å². The molecule has 5 heteroatoms. The molecule has 0 bridgehead atoms. The third kappa shape index (κ3) is 3.06. The molecule has 0 saturated heterocycles. The molecule has 0 aliphatic heterocycles. The summed E-state index contributed by atoms with van der Waals surface area (Å²) in [6.45, 7) is 4.02. The minimum absolute atomic E-state index is 0.505. The molecule has 18 heavy (non-hydrogen) atoms. The van der Waals surface area contributed by atoms with Crippen molar-refractivity contribution in [2.45, 2.75) is 13.8 Å². The van der Waals surface area contributed by atoms with Gasteiger partial charge in [0.1, 0.15) is 0 Å². The van der Waals surface area contributed by atoms with Crippen LogP contribution in [0.1, 0.15) is 17.0 Å². The number of hydrazone groups is 1. The lowest BCUT2D eigenvalue weighted by Crippen LogP contribution is -1.91. The summed E-state index contributed by atoms with van der Waals surface area (Å²) in [6.07, 6.45) is 1.77. The van der Waals surface area contributed by atoms with Gasteiger partial charge < -0.3 is 4.98 Å². The summed E-state index contributed by atoms with van der Waals surface area (Å²) in [7, 11) is 0. The van der Waals surface area contributed by atoms with E-state index in [1.807, 2.05) is 26.0 Å². The van der Waals surface area contributed by atoms with Crippen molar-refractivity contribution in [2.75, 3.05) is 5.43 Å². The van der Waals surface area contributed by atoms with Gasteiger partial charge in [-0.05, 0) is 38.1 Å². The average molecular weight is 282 g/mol. The highest BCUT2D eigenvalue weighted by atomic mass is 35.5. The van der Waals surface area contributed by atoms with Gasteiger partial charge in [0.2, 0.25) is 0 Å². The molecule has 0 spiro atoms. The first-order valence-electron chi connectivity index (χ1n) is 5.46. The van der Waals surface area contributed by atoms with Crippen molar-refractivity contribution >= 4 is 35.1 Å². The third-order valence-electron chi connectivity index (χ3n) is 2.51. The number of aryl methyl sites for hydroxylation is 2. The highest BCUT2D eigenvalue weighted by molar-refractivity contribution is 6.42. The van der Waals surface area contributed by atoms with E-state index in [1.165, 1.54) is 0 Å². The van der Waals surface area contributed by atoms with Crippen LogP contribution in [0, 0.1) is 13.8 Å². The van der Waals surface area contributed by atoms with Crippen LogP contribution in [-0.2, 0) is 0 Å². The molecule has 0 radical (unpaired) electrons. The van der Waals surface area contributed by atoms with E-state index in [0.29, 0.717) is 10.0 Å². The molecular weight excluding hydrogens is 269 g/mol. The molecule has 0 amide bonds. The van der Waals surface area contributed by atoms with Gasteiger partial charge in [-0.3, -0.25) is 5.43 Å². The molecule has 0 saturated carbocycles. The van der Waals surface area contributed by atoms with Crippen LogP contribution in [0.25, 0.3) is 0 Å². The van der Waals surface area contributed by atoms with E-state index in [0.717, 1.165) is 22.6 Å². The van der Waals surface area contributed by atoms with Crippen molar-refractivity contribution in [2.24, 2.45) is 5.10 Å². The Balaban J connectivity index is 2.07. The summed E-state index contributed by atoms with van der Waals surface area (Å²) in [4.78, 5) is 3.22. The predicted molar refractivity (Wildman–Crippen MR) is 77.9 cm³/mol. The summed E-state index contributed by atoms with van der Waals surface area (Å²) in [5.74, 6) is 0. The van der Waals surface area contributed by atoms with Crippen molar-refractivity contribution in [1.82, 2.24) is 4.98 Å². The van der Waals surface area contributed by atoms with Crippen molar-refractivity contribution in [3.05, 3.63) is 51.3 Å². The van der Waals surface area contributed by atoms with Crippen LogP contribution in [0.15, 0.2) is 29.4 Å². The van der Waals surface area contributed by atoms with E-state index in [9.17, 15) is 0 Å². The molecular formula is C13H13Cl2N3. The monoisotopic (exact) mass is 281 g/mol. The molecule has 0 fully saturated rings. The zero-order chi connectivity index (χ0) is 13.1. The Morgan fingerprint density at radius 1 is 1.17 bits per heavy atom. The average Bonchev–Trinajstić information content (AvgIpc) is 2.63. The Morgan fingerprint density at radius 3 is 2.56 bits per heavy atom. The zero-order valence-electron chi connectivity index (χ0n) is 10.1. The first-order chi connectivity index (χ1) is 8.56. The minimum atomic E-state index is 0.505. The van der Waals surface area contributed by atoms with Gasteiger partial charge in [0.25, 0.3) is 0 Å². The van der Waals surface area contributed by atoms with Crippen molar-refractivity contribution in [1.29, 1.82) is 0 Å². The maximum absolute atomic E-state index is 5.91. The third-order valence-corrected chi connectivity index (χ3v) is 3.25. The van der Waals surface area contributed by atoms with E-state index in [2.05, 4.69) is 15.5 Å². The van der Waals surface area contributed by atoms with Gasteiger partial charge in [-0.25, -0.2) is 0 Å². The maximum Gasteiger partial charge on any atom is 0.0613 e. The summed E-state index contributed by atoms with van der Waals surface area (Å²) in [5.41, 5.74) is 6.97. The fourth-order valence-corrected chi connectivity index (χ4v) is 1.92. The topological polar surface area (TPSA) is 40.2 Å². The quantitative estimate of drug-likeness (QED) is 0.636. The molecule has 0 aliphatic carbocycles. The van der Waals surface area contributed by atoms with Crippen molar-refractivity contribution in [3.63, 3.8) is 0 Å². The Kier molecular flexibility index (Phi) is 3.94. The SMILES string of the molecule is Cc1cc(/C=N/Nc2ccc(Cl)c(Cl)c2)c(C)[nH]1. The van der Waals surface area contributed by atoms with E-state index >= 15 is 0 Å². The predicted octanol–water partition coefficient (Wildman–Crippen LogP) is 4.38. The number of halogens is 2. The lowest BCUT2D eigenvalue weighted by atomic mass is 10.3. The second-order valence-electron chi connectivity index (χ2n) is 4.03. The number of hydrogen-bond donors (Lipinski definition) is 2. The fourth-order valence-electron chi connectivity index (χ4n) is 1.62. The zero-order valence-corrected chi connectivity index (χ0v) is 11.6. The summed E-state index contributed by atoms with van der Waals surface area (Å²) < 4.78 is 0. The molecule has 0 aliphatic rings. The number of aromatic amines is 1. The Morgan fingerprint density at radius 2 is 1.94 bits per heavy atom. The van der Waals surface area contributed by atoms with Crippen LogP contribution < -0.4 is 5.43 Å². The highest BCUT2D eigenvalue weighted by Crippen LogP contribution is 2.24. The van der Waals surface area contributed by atoms with Crippen LogP contribution in [0.4, 0.5) is 5.69 Å². The normalized spacial score (nSPS) is 11.1. The number of hydrogen-bond acceptors (Lipinski definition) is 2. The standard InChI is InChI=1S/C13H13Cl2N3/c1-8-5-10(9(2)17-8)7-16-18-11-3-4-12(14)13(15)6-11/h3-7,17-18H,1-2H3/b16-7+. The second-order valence-corrected chi connectivity index (χ2v) is 4.85. The van der Waals surface area contributed by atoms with Crippen LogP contribution in [0.2, 0.25) is 10.0 Å². The second kappa shape index (κ2) is 5.46. The molecule has 1 heterocycles. The van der Waals surface area contributed by atoms with Gasteiger partial charge >= 0.3 is 0 Å². The summed E-state index contributed by atoms with van der Waals surface area (Å²) in [5, 5.41) is 5.20. The Hall–Kier alpha value is -1.45. The largest absolute Gasteiger partial charge is 0.362 e. The maximum atomic E-state index is 5.91. The van der Waals surface area contributed by atoms with E-state index in [1.54, 1.807) is 18.3 Å². The molecule has 2 aromatic rings. The molecule has 2 N–H and O–H groups in total. The molecule has 2 rings (SSSR count). The van der Waals surface area contributed by atoms with E-state index < -0.39 is 0 Å². The fraction of sp³-hybridized carbons (Fsp3) is 0.154. The summed E-state index contributed by atoms with van der Waals surface area (Å²) in [6, 6.07) is 7.32. The van der Waals surface area contributed by atoms with Crippen molar-refractivity contribution in [3.8, 4) is 0 Å². The van der Waals surface area contributed by atoms with Gasteiger partial charge in [0.05, 0.1) is 21.9 Å². The molecule has 1 aromatic heterocycles. The van der Waals surface area contributed by atoms with Crippen LogP contribution in [0.5, 0.6) is 0 Å². The highest BCUT2D eigenvalue weighted by Gasteiger charge is 1.99. The Labute approximate surface area is 116 Å². The Bertz CT molecular complexity index is 588. The number of anilines is 1. The smallest absolute Gasteiger partial charge is 0.0613 e. The minimum Gasteiger partial charge on any atom is -0.362 e. The number of rotatable bonds is 3. The van der Waals surface area contributed by atoms with Gasteiger partial charge in [0, 0.05) is 17.0 Å². The van der Waals surface area contributed by atoms with E-state index in [4.69, 9.17) is 23.2 Å². The summed E-state index contributed by atoms with van der Waals surface area (Å²) >= 11 is 11.7. The first-order valence-corrected chi connectivity index (χ1v) is 6.22. The molecule has 3 nitrogen and oxygen atoms in total. The van der Waals surface area contributed by atoms with Crippen LogP contribution in [0.3, 0.4) is 0 Å². The number of aromatic nitrogens is 1. The lowest BCUT2D eigenvalue weighted by Gasteiger charge is -2.01. The van der Waals surface area contributed by atoms with Gasteiger partial charge in [-0.2, -0.15) is 5.10 Å².